The van der Waals surface area contributed by atoms with E-state index in [-0.39, 0.29) is 18.3 Å². The van der Waals surface area contributed by atoms with Gasteiger partial charge in [0.25, 0.3) is 5.91 Å². The van der Waals surface area contributed by atoms with Crippen molar-refractivity contribution in [1.29, 1.82) is 0 Å². The van der Waals surface area contributed by atoms with Crippen LogP contribution in [0.3, 0.4) is 0 Å². The third-order valence-electron chi connectivity index (χ3n) is 3.78. The van der Waals surface area contributed by atoms with E-state index in [0.29, 0.717) is 17.9 Å². The normalized spacial score (nSPS) is 11.7. The lowest BCUT2D eigenvalue weighted by Crippen LogP contribution is -2.43. The second kappa shape index (κ2) is 11.8. The van der Waals surface area contributed by atoms with Crippen LogP contribution in [0, 0.1) is 0 Å². The molecule has 6 heteroatoms. The molecule has 26 heavy (non-hydrogen) atoms. The molecule has 0 aliphatic heterocycles. The molecule has 1 unspecified atom stereocenters. The summed E-state index contributed by atoms with van der Waals surface area (Å²) in [5, 5.41) is 6.97. The van der Waals surface area contributed by atoms with Crippen LogP contribution >= 0.6 is 23.1 Å². The summed E-state index contributed by atoms with van der Waals surface area (Å²) in [6, 6.07) is 10.8. The minimum absolute atomic E-state index is 0.0757. The van der Waals surface area contributed by atoms with Crippen molar-refractivity contribution in [1.82, 2.24) is 5.32 Å². The molecule has 0 spiro atoms. The number of carbonyl (C=O) groups excluding carboxylic acids is 2. The highest BCUT2D eigenvalue weighted by molar-refractivity contribution is 7.99. The number of Topliss-reactive ketones (excluding diaryl/α,β-unsaturated/α-hetero) is 1. The molecule has 0 saturated carbocycles. The fraction of sp³-hybridized carbons (Fsp3) is 0.400. The van der Waals surface area contributed by atoms with Gasteiger partial charge in [-0.2, -0.15) is 11.3 Å². The van der Waals surface area contributed by atoms with Crippen LogP contribution in [0.5, 0.6) is 5.75 Å². The molecule has 1 aromatic carbocycles. The van der Waals surface area contributed by atoms with E-state index >= 15 is 0 Å². The highest BCUT2D eigenvalue weighted by Crippen LogP contribution is 2.16. The number of nitrogens with one attached hydrogen (secondary N) is 1. The Kier molecular flexibility index (Phi) is 9.28. The lowest BCUT2D eigenvalue weighted by molar-refractivity contribution is -0.128. The molecule has 1 heterocycles. The van der Waals surface area contributed by atoms with E-state index < -0.39 is 6.04 Å². The third kappa shape index (κ3) is 7.62. The van der Waals surface area contributed by atoms with E-state index in [2.05, 4.69) is 23.7 Å². The maximum absolute atomic E-state index is 12.5. The van der Waals surface area contributed by atoms with Gasteiger partial charge in [-0.05, 0) is 40.9 Å². The lowest BCUT2D eigenvalue weighted by Gasteiger charge is -2.17. The quantitative estimate of drug-likeness (QED) is 0.586. The molecular formula is C20H25NO3S2. The SMILES string of the molecule is CCCCC(NC(=O)COc1ccccc1)C(=O)CSCc1ccsc1. The number of ether oxygens (including phenoxy) is 1. The zero-order valence-electron chi connectivity index (χ0n) is 15.0. The van der Waals surface area contributed by atoms with Crippen LogP contribution in [-0.4, -0.2) is 30.1 Å². The third-order valence-corrected chi connectivity index (χ3v) is 5.53. The van der Waals surface area contributed by atoms with Gasteiger partial charge in [0.1, 0.15) is 5.75 Å². The molecule has 4 nitrogen and oxygen atoms in total. The Morgan fingerprint density at radius 1 is 1.23 bits per heavy atom. The molecule has 1 atom stereocenters. The van der Waals surface area contributed by atoms with Crippen LogP contribution in [0.4, 0.5) is 0 Å². The smallest absolute Gasteiger partial charge is 0.258 e. The molecular weight excluding hydrogens is 366 g/mol. The minimum atomic E-state index is -0.434. The number of benzene rings is 1. The van der Waals surface area contributed by atoms with Crippen molar-refractivity contribution in [2.45, 2.75) is 38.0 Å². The van der Waals surface area contributed by atoms with Crippen molar-refractivity contribution < 1.29 is 14.3 Å². The number of amides is 1. The molecule has 1 aromatic heterocycles. The van der Waals surface area contributed by atoms with Crippen LogP contribution in [0.1, 0.15) is 31.7 Å². The summed E-state index contributed by atoms with van der Waals surface area (Å²) >= 11 is 3.25. The number of carbonyl (C=O) groups is 2. The Morgan fingerprint density at radius 3 is 2.73 bits per heavy atom. The molecule has 1 amide bonds. The first kappa shape index (κ1) is 20.5. The summed E-state index contributed by atoms with van der Waals surface area (Å²) in [6.45, 7) is 2.00. The van der Waals surface area contributed by atoms with Crippen molar-refractivity contribution in [2.24, 2.45) is 0 Å². The topological polar surface area (TPSA) is 55.4 Å². The van der Waals surface area contributed by atoms with Crippen molar-refractivity contribution in [3.05, 3.63) is 52.7 Å². The molecule has 2 rings (SSSR count). The minimum Gasteiger partial charge on any atom is -0.484 e. The number of para-hydroxylation sites is 1. The first-order valence-electron chi connectivity index (χ1n) is 8.77. The average molecular weight is 392 g/mol. The van der Waals surface area contributed by atoms with Crippen molar-refractivity contribution >= 4 is 34.8 Å². The lowest BCUT2D eigenvalue weighted by atomic mass is 10.1. The van der Waals surface area contributed by atoms with Crippen LogP contribution in [0.15, 0.2) is 47.2 Å². The second-order valence-electron chi connectivity index (χ2n) is 5.95. The first-order valence-corrected chi connectivity index (χ1v) is 10.9. The molecule has 0 fully saturated rings. The summed E-state index contributed by atoms with van der Waals surface area (Å²) in [5.74, 6) is 1.69. The summed E-state index contributed by atoms with van der Waals surface area (Å²) in [7, 11) is 0. The number of thioether (sulfide) groups is 1. The predicted octanol–water partition coefficient (Wildman–Crippen LogP) is 4.30. The van der Waals surface area contributed by atoms with E-state index in [1.165, 1.54) is 5.56 Å². The van der Waals surface area contributed by atoms with Gasteiger partial charge in [0.2, 0.25) is 0 Å². The highest BCUT2D eigenvalue weighted by Gasteiger charge is 2.20. The first-order chi connectivity index (χ1) is 12.7. The summed E-state index contributed by atoms with van der Waals surface area (Å²) in [6.07, 6.45) is 2.57. The highest BCUT2D eigenvalue weighted by atomic mass is 32.2. The molecule has 0 aliphatic carbocycles. The molecule has 2 aromatic rings. The number of hydrogen-bond donors (Lipinski definition) is 1. The number of hydrogen-bond acceptors (Lipinski definition) is 5. The van der Waals surface area contributed by atoms with Gasteiger partial charge in [-0.25, -0.2) is 0 Å². The molecule has 1 N–H and O–H groups in total. The van der Waals surface area contributed by atoms with Crippen LogP contribution in [-0.2, 0) is 15.3 Å². The van der Waals surface area contributed by atoms with Gasteiger partial charge in [-0.15, -0.1) is 11.8 Å². The molecule has 0 radical (unpaired) electrons. The fourth-order valence-corrected chi connectivity index (χ4v) is 4.06. The maximum atomic E-state index is 12.5. The maximum Gasteiger partial charge on any atom is 0.258 e. The monoisotopic (exact) mass is 391 g/mol. The molecule has 0 aliphatic rings. The van der Waals surface area contributed by atoms with Crippen molar-refractivity contribution in [3.63, 3.8) is 0 Å². The average Bonchev–Trinajstić information content (AvgIpc) is 3.17. The Balaban J connectivity index is 1.78. The summed E-state index contributed by atoms with van der Waals surface area (Å²) in [4.78, 5) is 24.7. The summed E-state index contributed by atoms with van der Waals surface area (Å²) in [5.41, 5.74) is 1.23. The van der Waals surface area contributed by atoms with Gasteiger partial charge in [-0.1, -0.05) is 38.0 Å². The standard InChI is InChI=1S/C20H25NO3S2/c1-2-3-9-18(19(22)15-26-14-16-10-11-25-13-16)21-20(23)12-24-17-7-5-4-6-8-17/h4-8,10-11,13,18H,2-3,9,12,14-15H2,1H3,(H,21,23). The Labute approximate surface area is 163 Å². The fourth-order valence-electron chi connectivity index (χ4n) is 2.37. The largest absolute Gasteiger partial charge is 0.484 e. The predicted molar refractivity (Wildman–Crippen MR) is 109 cm³/mol. The van der Waals surface area contributed by atoms with Gasteiger partial charge in [-0.3, -0.25) is 9.59 Å². The van der Waals surface area contributed by atoms with Crippen LogP contribution in [0.2, 0.25) is 0 Å². The van der Waals surface area contributed by atoms with Crippen LogP contribution in [0.25, 0.3) is 0 Å². The van der Waals surface area contributed by atoms with Gasteiger partial charge in [0, 0.05) is 5.75 Å². The zero-order chi connectivity index (χ0) is 18.6. The van der Waals surface area contributed by atoms with Crippen molar-refractivity contribution in [3.8, 4) is 5.75 Å². The second-order valence-corrected chi connectivity index (χ2v) is 7.72. The van der Waals surface area contributed by atoms with Gasteiger partial charge < -0.3 is 10.1 Å². The number of rotatable bonds is 12. The molecule has 0 bridgehead atoms. The molecule has 0 saturated heterocycles. The number of thiophene rings is 1. The van der Waals surface area contributed by atoms with Crippen molar-refractivity contribution in [2.75, 3.05) is 12.4 Å². The molecule has 140 valence electrons. The van der Waals surface area contributed by atoms with Gasteiger partial charge in [0.15, 0.2) is 12.4 Å². The van der Waals surface area contributed by atoms with E-state index in [1.54, 1.807) is 35.2 Å². The van der Waals surface area contributed by atoms with Crippen LogP contribution < -0.4 is 10.1 Å². The Hall–Kier alpha value is -1.79. The van der Waals surface area contributed by atoms with Gasteiger partial charge >= 0.3 is 0 Å². The van der Waals surface area contributed by atoms with Gasteiger partial charge in [0.05, 0.1) is 11.8 Å². The van der Waals surface area contributed by atoms with E-state index in [9.17, 15) is 9.59 Å². The number of unbranched alkanes of at least 4 members (excludes halogenated alkanes) is 1. The summed E-state index contributed by atoms with van der Waals surface area (Å²) < 4.78 is 5.46. The Morgan fingerprint density at radius 2 is 2.04 bits per heavy atom. The zero-order valence-corrected chi connectivity index (χ0v) is 16.6. The van der Waals surface area contributed by atoms with E-state index in [1.807, 2.05) is 23.6 Å². The Bertz CT molecular complexity index is 659. The van der Waals surface area contributed by atoms with E-state index in [4.69, 9.17) is 4.74 Å². The van der Waals surface area contributed by atoms with E-state index in [0.717, 1.165) is 18.6 Å². The number of ketones is 1.